The number of para-hydroxylation sites is 1. The van der Waals surface area contributed by atoms with E-state index in [-0.39, 0.29) is 17.6 Å². The van der Waals surface area contributed by atoms with Crippen LogP contribution in [0.3, 0.4) is 0 Å². The van der Waals surface area contributed by atoms with Gasteiger partial charge >= 0.3 is 0 Å². The van der Waals surface area contributed by atoms with E-state index in [1.54, 1.807) is 16.8 Å². The van der Waals surface area contributed by atoms with Gasteiger partial charge < -0.3 is 15.0 Å². The number of ether oxygens (including phenoxy) is 1. The number of amides is 1. The molecule has 2 saturated heterocycles. The van der Waals surface area contributed by atoms with Crippen molar-refractivity contribution in [3.63, 3.8) is 0 Å². The van der Waals surface area contributed by atoms with Crippen molar-refractivity contribution in [3.05, 3.63) is 86.4 Å². The predicted molar refractivity (Wildman–Crippen MR) is 173 cm³/mol. The second kappa shape index (κ2) is 12.5. The Labute approximate surface area is 268 Å². The number of aryl methyl sites for hydroxylation is 3. The van der Waals surface area contributed by atoms with Gasteiger partial charge in [0.25, 0.3) is 0 Å². The van der Waals surface area contributed by atoms with Gasteiger partial charge in [-0.15, -0.1) is 5.10 Å². The van der Waals surface area contributed by atoms with Crippen LogP contribution in [0.2, 0.25) is 10.0 Å². The molecule has 2 aliphatic heterocycles. The van der Waals surface area contributed by atoms with Gasteiger partial charge in [-0.1, -0.05) is 46.6 Å². The molecular formula is C33H39Cl2N7O2. The van der Waals surface area contributed by atoms with E-state index in [4.69, 9.17) is 33.0 Å². The van der Waals surface area contributed by atoms with Crippen molar-refractivity contribution in [1.29, 1.82) is 0 Å². The van der Waals surface area contributed by atoms with E-state index < -0.39 is 0 Å². The summed E-state index contributed by atoms with van der Waals surface area (Å²) in [6.07, 6.45) is 5.75. The highest BCUT2D eigenvalue weighted by Crippen LogP contribution is 2.39. The van der Waals surface area contributed by atoms with Crippen LogP contribution < -0.4 is 5.32 Å². The standard InChI is InChI=1S/C33H39Cl2N7O2/c1-21-6-5-7-22(2)32(21)36-19-26-20-41(39-37-26)27-10-15-44-33(18-27)11-13-40(14-12-33)31(43)17-28-23(3)38-42(24(28)4)30-9-8-25(34)16-29(30)35/h5-9,16,20,27,36H,10-15,17-19H2,1-4H3. The molecule has 2 aromatic carbocycles. The summed E-state index contributed by atoms with van der Waals surface area (Å²) in [7, 11) is 0. The summed E-state index contributed by atoms with van der Waals surface area (Å²) in [5.74, 6) is 0.109. The Kier molecular flexibility index (Phi) is 8.72. The molecule has 0 bridgehead atoms. The van der Waals surface area contributed by atoms with E-state index in [0.717, 1.165) is 59.7 Å². The lowest BCUT2D eigenvalue weighted by atomic mass is 9.82. The smallest absolute Gasteiger partial charge is 0.227 e. The summed E-state index contributed by atoms with van der Waals surface area (Å²) in [6.45, 7) is 10.8. The highest BCUT2D eigenvalue weighted by Gasteiger charge is 2.42. The molecule has 1 amide bonds. The maximum Gasteiger partial charge on any atom is 0.227 e. The van der Waals surface area contributed by atoms with Crippen LogP contribution in [0, 0.1) is 27.7 Å². The summed E-state index contributed by atoms with van der Waals surface area (Å²) in [6, 6.07) is 11.9. The molecule has 0 aliphatic carbocycles. The summed E-state index contributed by atoms with van der Waals surface area (Å²) in [4.78, 5) is 15.4. The van der Waals surface area contributed by atoms with Crippen LogP contribution in [0.1, 0.15) is 65.5 Å². The summed E-state index contributed by atoms with van der Waals surface area (Å²) < 4.78 is 10.2. The number of aromatic nitrogens is 5. The van der Waals surface area contributed by atoms with Crippen molar-refractivity contribution in [1.82, 2.24) is 29.7 Å². The topological polar surface area (TPSA) is 90.1 Å². The number of likely N-dealkylation sites (tertiary alicyclic amines) is 1. The number of carbonyl (C=O) groups is 1. The molecule has 4 heterocycles. The minimum Gasteiger partial charge on any atom is -0.379 e. The molecule has 1 N–H and O–H groups in total. The average Bonchev–Trinajstić information content (AvgIpc) is 3.58. The third kappa shape index (κ3) is 6.23. The lowest BCUT2D eigenvalue weighted by molar-refractivity contribution is -0.146. The van der Waals surface area contributed by atoms with E-state index in [1.807, 2.05) is 29.5 Å². The molecule has 1 unspecified atom stereocenters. The fourth-order valence-corrected chi connectivity index (χ4v) is 7.15. The third-order valence-electron chi connectivity index (χ3n) is 9.26. The van der Waals surface area contributed by atoms with Gasteiger partial charge in [-0.3, -0.25) is 4.79 Å². The van der Waals surface area contributed by atoms with Gasteiger partial charge in [0.2, 0.25) is 5.91 Å². The van der Waals surface area contributed by atoms with Crippen LogP contribution in [0.25, 0.3) is 5.69 Å². The second-order valence-electron chi connectivity index (χ2n) is 12.2. The third-order valence-corrected chi connectivity index (χ3v) is 9.80. The number of piperidine rings is 1. The van der Waals surface area contributed by atoms with E-state index in [1.165, 1.54) is 11.1 Å². The van der Waals surface area contributed by atoms with Crippen LogP contribution in [0.5, 0.6) is 0 Å². The maximum atomic E-state index is 13.5. The average molecular weight is 637 g/mol. The number of nitrogens with one attached hydrogen (secondary N) is 1. The molecule has 232 valence electrons. The molecule has 11 heteroatoms. The zero-order valence-corrected chi connectivity index (χ0v) is 27.3. The normalized spacial score (nSPS) is 18.1. The van der Waals surface area contributed by atoms with Crippen molar-refractivity contribution >= 4 is 34.8 Å². The van der Waals surface area contributed by atoms with Gasteiger partial charge in [-0.25, -0.2) is 9.36 Å². The molecule has 2 fully saturated rings. The van der Waals surface area contributed by atoms with Crippen molar-refractivity contribution < 1.29 is 9.53 Å². The van der Waals surface area contributed by atoms with Crippen molar-refractivity contribution in [2.75, 3.05) is 25.0 Å². The summed E-state index contributed by atoms with van der Waals surface area (Å²) in [5.41, 5.74) is 7.67. The van der Waals surface area contributed by atoms with Gasteiger partial charge in [0, 0.05) is 41.7 Å². The van der Waals surface area contributed by atoms with Gasteiger partial charge in [0.05, 0.1) is 47.2 Å². The van der Waals surface area contributed by atoms with Crippen molar-refractivity contribution in [2.45, 2.75) is 78.0 Å². The summed E-state index contributed by atoms with van der Waals surface area (Å²) >= 11 is 12.5. The highest BCUT2D eigenvalue weighted by atomic mass is 35.5. The number of halogens is 2. The lowest BCUT2D eigenvalue weighted by Gasteiger charge is -2.46. The number of carbonyl (C=O) groups excluding carboxylic acids is 1. The van der Waals surface area contributed by atoms with Gasteiger partial charge in [-0.05, 0) is 82.7 Å². The minimum absolute atomic E-state index is 0.109. The first-order valence-electron chi connectivity index (χ1n) is 15.3. The Morgan fingerprint density at radius 1 is 1.09 bits per heavy atom. The molecule has 2 aliphatic rings. The van der Waals surface area contributed by atoms with Crippen LogP contribution >= 0.6 is 23.2 Å². The molecular weight excluding hydrogens is 597 g/mol. The first-order chi connectivity index (χ1) is 21.1. The fourth-order valence-electron chi connectivity index (χ4n) is 6.67. The molecule has 0 radical (unpaired) electrons. The Hall–Kier alpha value is -3.40. The van der Waals surface area contributed by atoms with Crippen molar-refractivity contribution in [2.24, 2.45) is 0 Å². The number of nitrogens with zero attached hydrogens (tertiary/aromatic N) is 6. The van der Waals surface area contributed by atoms with E-state index in [0.29, 0.717) is 42.7 Å². The molecule has 44 heavy (non-hydrogen) atoms. The lowest BCUT2D eigenvalue weighted by Crippen LogP contribution is -2.51. The number of hydrogen-bond donors (Lipinski definition) is 1. The first-order valence-corrected chi connectivity index (χ1v) is 16.0. The van der Waals surface area contributed by atoms with Crippen LogP contribution in [-0.2, 0) is 22.5 Å². The molecule has 4 aromatic rings. The number of hydrogen-bond acceptors (Lipinski definition) is 6. The zero-order valence-electron chi connectivity index (χ0n) is 25.7. The fraction of sp³-hybridized carbons (Fsp3) is 0.455. The molecule has 0 saturated carbocycles. The van der Waals surface area contributed by atoms with Gasteiger partial charge in [0.15, 0.2) is 0 Å². The highest BCUT2D eigenvalue weighted by molar-refractivity contribution is 6.35. The Morgan fingerprint density at radius 3 is 2.57 bits per heavy atom. The monoisotopic (exact) mass is 635 g/mol. The minimum atomic E-state index is -0.246. The van der Waals surface area contributed by atoms with E-state index in [9.17, 15) is 4.79 Å². The molecule has 9 nitrogen and oxygen atoms in total. The Morgan fingerprint density at radius 2 is 1.84 bits per heavy atom. The molecule has 6 rings (SSSR count). The van der Waals surface area contributed by atoms with E-state index >= 15 is 0 Å². The van der Waals surface area contributed by atoms with Gasteiger partial charge in [0.1, 0.15) is 5.69 Å². The first kappa shape index (κ1) is 30.6. The van der Waals surface area contributed by atoms with E-state index in [2.05, 4.69) is 53.9 Å². The van der Waals surface area contributed by atoms with Gasteiger partial charge in [-0.2, -0.15) is 5.10 Å². The number of anilines is 1. The zero-order chi connectivity index (χ0) is 31.0. The molecule has 1 atom stereocenters. The number of rotatable bonds is 7. The maximum absolute atomic E-state index is 13.5. The SMILES string of the molecule is Cc1cccc(C)c1NCc1cn(C2CCOC3(CCN(C(=O)Cc4c(C)nn(-c5ccc(Cl)cc5Cl)c4C)CC3)C2)nn1. The van der Waals surface area contributed by atoms with Crippen LogP contribution in [0.15, 0.2) is 42.6 Å². The van der Waals surface area contributed by atoms with Crippen LogP contribution in [-0.4, -0.2) is 60.9 Å². The second-order valence-corrected chi connectivity index (χ2v) is 13.0. The number of benzene rings is 2. The molecule has 2 aromatic heterocycles. The molecule has 1 spiro atoms. The largest absolute Gasteiger partial charge is 0.379 e. The Balaban J connectivity index is 1.06. The Bertz CT molecular complexity index is 1650. The summed E-state index contributed by atoms with van der Waals surface area (Å²) in [5, 5.41) is 18.3. The quantitative estimate of drug-likeness (QED) is 0.247. The van der Waals surface area contributed by atoms with Crippen LogP contribution in [0.4, 0.5) is 5.69 Å². The van der Waals surface area contributed by atoms with Crippen molar-refractivity contribution in [3.8, 4) is 5.69 Å². The predicted octanol–water partition coefficient (Wildman–Crippen LogP) is 6.57.